The lowest BCUT2D eigenvalue weighted by Crippen LogP contribution is -2.69. The maximum Gasteiger partial charge on any atom is 0.329 e. The third-order valence-corrected chi connectivity index (χ3v) is 15.1. The van der Waals surface area contributed by atoms with E-state index < -0.39 is 0 Å². The van der Waals surface area contributed by atoms with Crippen LogP contribution in [-0.4, -0.2) is 13.6 Å². The predicted molar refractivity (Wildman–Crippen MR) is 235 cm³/mol. The summed E-state index contributed by atoms with van der Waals surface area (Å²) in [5, 5.41) is 2.75. The van der Waals surface area contributed by atoms with Crippen molar-refractivity contribution < 1.29 is 0 Å². The van der Waals surface area contributed by atoms with Gasteiger partial charge >= 0.3 is 6.85 Å². The van der Waals surface area contributed by atoms with Crippen molar-refractivity contribution in [3.63, 3.8) is 0 Å². The van der Waals surface area contributed by atoms with Crippen LogP contribution in [0.5, 0.6) is 0 Å². The van der Waals surface area contributed by atoms with Crippen LogP contribution in [0, 0.1) is 0 Å². The Morgan fingerprint density at radius 1 is 0.509 bits per heavy atom. The van der Waals surface area contributed by atoms with Crippen molar-refractivity contribution in [2.45, 2.75) is 88.3 Å². The lowest BCUT2D eigenvalue weighted by molar-refractivity contribution is 0.590. The Morgan fingerprint density at radius 3 is 1.81 bits per heavy atom. The van der Waals surface area contributed by atoms with Crippen molar-refractivity contribution >= 4 is 95.5 Å². The lowest BCUT2D eigenvalue weighted by Gasteiger charge is -2.51. The summed E-state index contributed by atoms with van der Waals surface area (Å²) in [6.07, 6.45) is 0. The molecule has 1 aromatic heterocycles. The molecule has 0 fully saturated rings. The molecule has 0 atom stereocenters. The number of benzene rings is 6. The molecule has 7 aromatic rings. The highest BCUT2D eigenvalue weighted by Gasteiger charge is 2.51. The van der Waals surface area contributed by atoms with Crippen molar-refractivity contribution in [1.29, 1.82) is 0 Å². The van der Waals surface area contributed by atoms with Crippen molar-refractivity contribution in [2.75, 3.05) is 4.81 Å². The summed E-state index contributed by atoms with van der Waals surface area (Å²) >= 11 is 3.97. The minimum Gasteiger partial charge on any atom is -0.377 e. The van der Waals surface area contributed by atoms with E-state index in [-0.39, 0.29) is 29.8 Å². The SMILES string of the molecule is CC(C)(C)c1ccc2c(c1)B1c3cc(C(C)(C)C)ccc3-c3ccc4c5c3N1c1c(cc(C(C)(C)C)cc1-2)B5c1ccc2c(sc3ccccc32)c1S4. The molecule has 0 amide bonds. The van der Waals surface area contributed by atoms with Gasteiger partial charge in [0.05, 0.1) is 0 Å². The summed E-state index contributed by atoms with van der Waals surface area (Å²) in [5.41, 5.74) is 20.0. The largest absolute Gasteiger partial charge is 0.377 e. The fraction of sp³-hybridized carbons (Fsp3) is 0.250. The Balaban J connectivity index is 1.30. The molecule has 0 N–H and O–H groups in total. The van der Waals surface area contributed by atoms with E-state index in [0.29, 0.717) is 0 Å². The highest BCUT2D eigenvalue weighted by Crippen LogP contribution is 2.52. The lowest BCUT2D eigenvalue weighted by atomic mass is 9.31. The average molecular weight is 720 g/mol. The van der Waals surface area contributed by atoms with Crippen LogP contribution < -0.4 is 32.1 Å². The summed E-state index contributed by atoms with van der Waals surface area (Å²) in [4.78, 5) is 5.66. The van der Waals surface area contributed by atoms with E-state index in [9.17, 15) is 0 Å². The standard InChI is InChI=1S/C48H43B2NS2/c1-46(2,3)26-14-16-29-32-19-21-40-41-43(32)51-42-34(30-17-15-27(47(4,5)6)24-37(30)50(51)36(29)23-26)22-28(48(7,8)9)25-38(42)49(41)35-20-18-33-31-12-10-11-13-39(31)52-44(33)45(35)53-40/h10-25H,1-9H3. The van der Waals surface area contributed by atoms with Gasteiger partial charge in [0.15, 0.2) is 0 Å². The maximum atomic E-state index is 2.81. The van der Waals surface area contributed by atoms with Gasteiger partial charge in [-0.05, 0) is 84.1 Å². The second-order valence-electron chi connectivity index (χ2n) is 19.0. The number of fused-ring (bicyclic) bond motifs is 13. The fourth-order valence-electron chi connectivity index (χ4n) is 9.74. The molecule has 11 rings (SSSR count). The molecule has 0 saturated heterocycles. The van der Waals surface area contributed by atoms with Crippen molar-refractivity contribution in [3.05, 3.63) is 114 Å². The first-order valence-electron chi connectivity index (χ1n) is 19.2. The molecular formula is C48H43B2NS2. The zero-order chi connectivity index (χ0) is 36.5. The van der Waals surface area contributed by atoms with Crippen molar-refractivity contribution in [2.24, 2.45) is 0 Å². The number of hydrogen-bond donors (Lipinski definition) is 0. The zero-order valence-electron chi connectivity index (χ0n) is 32.2. The number of nitrogens with zero attached hydrogens (tertiary/aromatic N) is 1. The number of rotatable bonds is 0. The van der Waals surface area contributed by atoms with Gasteiger partial charge in [-0.25, -0.2) is 0 Å². The molecule has 4 aliphatic rings. The first kappa shape index (κ1) is 32.3. The van der Waals surface area contributed by atoms with E-state index in [4.69, 9.17) is 0 Å². The van der Waals surface area contributed by atoms with Gasteiger partial charge in [-0.15, -0.1) is 11.3 Å². The van der Waals surface area contributed by atoms with Gasteiger partial charge in [0.25, 0.3) is 0 Å². The third-order valence-electron chi connectivity index (χ3n) is 12.6. The van der Waals surface area contributed by atoms with Crippen LogP contribution in [0.2, 0.25) is 0 Å². The molecule has 5 heterocycles. The van der Waals surface area contributed by atoms with Crippen molar-refractivity contribution in [1.82, 2.24) is 0 Å². The van der Waals surface area contributed by atoms with Crippen LogP contribution in [0.1, 0.15) is 79.0 Å². The quantitative estimate of drug-likeness (QED) is 0.144. The van der Waals surface area contributed by atoms with Gasteiger partial charge in [0.1, 0.15) is 0 Å². The van der Waals surface area contributed by atoms with E-state index in [1.54, 1.807) is 0 Å². The van der Waals surface area contributed by atoms with Gasteiger partial charge in [-0.3, -0.25) is 0 Å². The predicted octanol–water partition coefficient (Wildman–Crippen LogP) is 10.1. The van der Waals surface area contributed by atoms with Crippen molar-refractivity contribution in [3.8, 4) is 22.3 Å². The second kappa shape index (κ2) is 10.3. The molecule has 0 radical (unpaired) electrons. The molecule has 0 spiro atoms. The minimum atomic E-state index is -0.00334. The summed E-state index contributed by atoms with van der Waals surface area (Å²) in [6, 6.07) is 38.8. The Hall–Kier alpha value is -4.18. The van der Waals surface area contributed by atoms with Crippen LogP contribution in [0.3, 0.4) is 0 Å². The van der Waals surface area contributed by atoms with Gasteiger partial charge in [-0.1, -0.05) is 158 Å². The molecule has 0 aliphatic carbocycles. The highest BCUT2D eigenvalue weighted by atomic mass is 32.2. The van der Waals surface area contributed by atoms with Gasteiger partial charge in [-0.2, -0.15) is 0 Å². The van der Waals surface area contributed by atoms with Gasteiger partial charge in [0.2, 0.25) is 6.71 Å². The summed E-state index contributed by atoms with van der Waals surface area (Å²) < 4.78 is 2.80. The van der Waals surface area contributed by atoms with E-state index in [0.717, 1.165) is 0 Å². The number of thiophene rings is 1. The molecule has 1 nitrogen and oxygen atoms in total. The summed E-state index contributed by atoms with van der Waals surface area (Å²) in [7, 11) is 0. The van der Waals surface area contributed by atoms with Crippen LogP contribution in [0.25, 0.3) is 42.4 Å². The van der Waals surface area contributed by atoms with Gasteiger partial charge < -0.3 is 4.81 Å². The zero-order valence-corrected chi connectivity index (χ0v) is 33.8. The molecule has 6 aromatic carbocycles. The van der Waals surface area contributed by atoms with E-state index in [1.165, 1.54) is 108 Å². The number of anilines is 2. The first-order chi connectivity index (χ1) is 25.2. The smallest absolute Gasteiger partial charge is 0.329 e. The molecule has 258 valence electrons. The molecular weight excluding hydrogens is 676 g/mol. The summed E-state index contributed by atoms with van der Waals surface area (Å²) in [5.74, 6) is 0. The Morgan fingerprint density at radius 2 is 1.13 bits per heavy atom. The first-order valence-corrected chi connectivity index (χ1v) is 20.9. The Kier molecular flexibility index (Phi) is 6.28. The topological polar surface area (TPSA) is 3.24 Å². The molecule has 0 saturated carbocycles. The molecule has 53 heavy (non-hydrogen) atoms. The monoisotopic (exact) mass is 719 g/mol. The maximum absolute atomic E-state index is 2.81. The normalized spacial score (nSPS) is 15.1. The second-order valence-corrected chi connectivity index (χ2v) is 21.1. The van der Waals surface area contributed by atoms with Crippen LogP contribution in [-0.2, 0) is 16.2 Å². The van der Waals surface area contributed by atoms with Crippen LogP contribution in [0.15, 0.2) is 107 Å². The molecule has 0 unspecified atom stereocenters. The van der Waals surface area contributed by atoms with Crippen LogP contribution >= 0.6 is 23.1 Å². The highest BCUT2D eigenvalue weighted by molar-refractivity contribution is 8.00. The minimum absolute atomic E-state index is 0.00334. The van der Waals surface area contributed by atoms with E-state index >= 15 is 0 Å². The number of hydrogen-bond acceptors (Lipinski definition) is 3. The Bertz CT molecular complexity index is 2790. The van der Waals surface area contributed by atoms with Gasteiger partial charge in [0, 0.05) is 52.5 Å². The molecule has 5 heteroatoms. The van der Waals surface area contributed by atoms with Crippen LogP contribution in [0.4, 0.5) is 11.4 Å². The summed E-state index contributed by atoms with van der Waals surface area (Å²) in [6.45, 7) is 21.5. The Labute approximate surface area is 323 Å². The third kappa shape index (κ3) is 4.30. The fourth-order valence-corrected chi connectivity index (χ4v) is 12.3. The molecule has 0 bridgehead atoms. The average Bonchev–Trinajstić information content (AvgIpc) is 3.50. The molecule has 4 aliphatic heterocycles. The van der Waals surface area contributed by atoms with E-state index in [1.807, 2.05) is 23.1 Å². The van der Waals surface area contributed by atoms with E-state index in [2.05, 4.69) is 164 Å².